The summed E-state index contributed by atoms with van der Waals surface area (Å²) in [7, 11) is 0. The van der Waals surface area contributed by atoms with E-state index in [1.807, 2.05) is 36.4 Å². The lowest BCUT2D eigenvalue weighted by molar-refractivity contribution is 0.906. The Balaban J connectivity index is 1.88. The molecule has 94 valence electrons. The van der Waals surface area contributed by atoms with Crippen molar-refractivity contribution >= 4 is 40.2 Å². The van der Waals surface area contributed by atoms with Gasteiger partial charge in [0.05, 0.1) is 23.3 Å². The molecule has 2 aromatic carbocycles. The molecule has 0 N–H and O–H groups in total. The number of benzene rings is 2. The smallest absolute Gasteiger partial charge is 0.199 e. The third-order valence-corrected chi connectivity index (χ3v) is 4.26. The van der Waals surface area contributed by atoms with E-state index in [1.54, 1.807) is 0 Å². The molecule has 0 saturated carbocycles. The van der Waals surface area contributed by atoms with Crippen molar-refractivity contribution in [2.75, 3.05) is 0 Å². The fourth-order valence-electron chi connectivity index (χ4n) is 2.66. The molecule has 0 unspecified atom stereocenters. The highest BCUT2D eigenvalue weighted by Crippen LogP contribution is 2.40. The molecule has 3 aliphatic heterocycles. The first-order valence-electron chi connectivity index (χ1n) is 6.33. The molecule has 4 nitrogen and oxygen atoms in total. The maximum atomic E-state index is 4.82. The van der Waals surface area contributed by atoms with Gasteiger partial charge in [0.2, 0.25) is 0 Å². The molecule has 0 aliphatic carbocycles. The van der Waals surface area contributed by atoms with Gasteiger partial charge in [-0.2, -0.15) is 4.40 Å². The van der Waals surface area contributed by atoms with Crippen LogP contribution in [0.4, 0.5) is 11.4 Å². The van der Waals surface area contributed by atoms with Gasteiger partial charge in [-0.15, -0.1) is 0 Å². The minimum absolute atomic E-state index is 0.881. The Morgan fingerprint density at radius 2 is 1.40 bits per heavy atom. The zero-order chi connectivity index (χ0) is 13.1. The maximum absolute atomic E-state index is 4.82. The Morgan fingerprint density at radius 3 is 2.20 bits per heavy atom. The van der Waals surface area contributed by atoms with Crippen LogP contribution in [-0.4, -0.2) is 21.7 Å². The van der Waals surface area contributed by atoms with Gasteiger partial charge >= 0.3 is 0 Å². The summed E-state index contributed by atoms with van der Waals surface area (Å²) < 4.78 is 4.57. The van der Waals surface area contributed by atoms with Gasteiger partial charge in [0.15, 0.2) is 16.8 Å². The highest BCUT2D eigenvalue weighted by Gasteiger charge is 2.38. The number of nitrogens with zero attached hydrogens (tertiary/aromatic N) is 4. The quantitative estimate of drug-likeness (QED) is 0.691. The summed E-state index contributed by atoms with van der Waals surface area (Å²) in [6.07, 6.45) is 0. The Hall–Kier alpha value is -2.40. The van der Waals surface area contributed by atoms with Crippen LogP contribution >= 0.6 is 11.9 Å². The Labute approximate surface area is 119 Å². The Kier molecular flexibility index (Phi) is 1.86. The summed E-state index contributed by atoms with van der Waals surface area (Å²) in [5, 5.41) is 0.881. The monoisotopic (exact) mass is 276 g/mol. The van der Waals surface area contributed by atoms with Crippen molar-refractivity contribution < 1.29 is 0 Å². The first-order valence-corrected chi connectivity index (χ1v) is 7.10. The minimum Gasteiger partial charge on any atom is -0.254 e. The molecule has 0 aromatic heterocycles. The molecule has 3 heterocycles. The average Bonchev–Trinajstić information content (AvgIpc) is 2.92. The first-order chi connectivity index (χ1) is 9.92. The summed E-state index contributed by atoms with van der Waals surface area (Å²) in [5.74, 6) is 1.86. The Morgan fingerprint density at radius 1 is 0.750 bits per heavy atom. The van der Waals surface area contributed by atoms with Crippen molar-refractivity contribution in [3.63, 3.8) is 0 Å². The van der Waals surface area contributed by atoms with Crippen molar-refractivity contribution in [1.29, 1.82) is 0 Å². The number of fused-ring (bicyclic) bond motifs is 4. The molecule has 0 amide bonds. The average molecular weight is 276 g/mol. The number of amidine groups is 3. The molecule has 5 rings (SSSR count). The fraction of sp³-hybridized carbons (Fsp3) is 0. The number of hydrogen-bond acceptors (Lipinski definition) is 5. The van der Waals surface area contributed by atoms with Crippen LogP contribution in [0.1, 0.15) is 11.1 Å². The third-order valence-electron chi connectivity index (χ3n) is 3.56. The van der Waals surface area contributed by atoms with E-state index in [0.717, 1.165) is 39.3 Å². The van der Waals surface area contributed by atoms with Gasteiger partial charge in [-0.25, -0.2) is 9.98 Å². The molecule has 0 spiro atoms. The number of para-hydroxylation sites is 2. The van der Waals surface area contributed by atoms with Gasteiger partial charge in [-0.05, 0) is 24.3 Å². The lowest BCUT2D eigenvalue weighted by Crippen LogP contribution is -2.41. The van der Waals surface area contributed by atoms with E-state index in [0.29, 0.717) is 0 Å². The number of rotatable bonds is 0. The van der Waals surface area contributed by atoms with Crippen LogP contribution in [0.2, 0.25) is 0 Å². The van der Waals surface area contributed by atoms with Gasteiger partial charge in [-0.1, -0.05) is 24.3 Å². The van der Waals surface area contributed by atoms with Crippen molar-refractivity contribution in [2.45, 2.75) is 0 Å². The number of aliphatic imine (C=N–C) groups is 2. The second-order valence-electron chi connectivity index (χ2n) is 4.71. The van der Waals surface area contributed by atoms with E-state index < -0.39 is 0 Å². The van der Waals surface area contributed by atoms with E-state index in [2.05, 4.69) is 26.4 Å². The third kappa shape index (κ3) is 1.20. The van der Waals surface area contributed by atoms with E-state index in [1.165, 1.54) is 11.9 Å². The summed E-state index contributed by atoms with van der Waals surface area (Å²) >= 11 is 1.41. The molecule has 2 aromatic rings. The highest BCUT2D eigenvalue weighted by atomic mass is 32.2. The van der Waals surface area contributed by atoms with Gasteiger partial charge in [-0.3, -0.25) is 4.90 Å². The zero-order valence-corrected chi connectivity index (χ0v) is 11.1. The van der Waals surface area contributed by atoms with Crippen molar-refractivity contribution in [3.05, 3.63) is 59.7 Å². The fourth-order valence-corrected chi connectivity index (χ4v) is 3.40. The molecule has 20 heavy (non-hydrogen) atoms. The molecule has 0 radical (unpaired) electrons. The normalized spacial score (nSPS) is 17.6. The summed E-state index contributed by atoms with van der Waals surface area (Å²) in [6, 6.07) is 16.2. The minimum atomic E-state index is 0.881. The van der Waals surface area contributed by atoms with E-state index in [-0.39, 0.29) is 0 Å². The van der Waals surface area contributed by atoms with E-state index in [4.69, 9.17) is 4.99 Å². The van der Waals surface area contributed by atoms with Gasteiger partial charge in [0, 0.05) is 11.1 Å². The van der Waals surface area contributed by atoms with Crippen LogP contribution in [0.25, 0.3) is 0 Å². The van der Waals surface area contributed by atoms with E-state index in [9.17, 15) is 0 Å². The highest BCUT2D eigenvalue weighted by molar-refractivity contribution is 8.13. The van der Waals surface area contributed by atoms with Gasteiger partial charge in [0.1, 0.15) is 0 Å². The SMILES string of the molecule is c1ccc2c(c1)N=C1SN=C3c4ccccc4N=C2N13. The topological polar surface area (TPSA) is 40.3 Å². The zero-order valence-electron chi connectivity index (χ0n) is 10.3. The summed E-state index contributed by atoms with van der Waals surface area (Å²) in [5.41, 5.74) is 4.05. The van der Waals surface area contributed by atoms with Crippen LogP contribution in [0, 0.1) is 0 Å². The molecule has 0 atom stereocenters. The number of hydrogen-bond donors (Lipinski definition) is 0. The molecule has 0 fully saturated rings. The van der Waals surface area contributed by atoms with Crippen LogP contribution in [-0.2, 0) is 0 Å². The first kappa shape index (κ1) is 10.4. The lowest BCUT2D eigenvalue weighted by atomic mass is 10.0. The predicted octanol–water partition coefficient (Wildman–Crippen LogP) is 3.49. The van der Waals surface area contributed by atoms with Crippen molar-refractivity contribution in [3.8, 4) is 0 Å². The molecular formula is C15H8N4S. The maximum Gasteiger partial charge on any atom is 0.199 e. The van der Waals surface area contributed by atoms with Crippen molar-refractivity contribution in [2.24, 2.45) is 14.4 Å². The molecule has 5 heteroatoms. The second kappa shape index (κ2) is 3.58. The van der Waals surface area contributed by atoms with Gasteiger partial charge in [0.25, 0.3) is 0 Å². The second-order valence-corrected chi connectivity index (χ2v) is 5.44. The molecular weight excluding hydrogens is 268 g/mol. The largest absolute Gasteiger partial charge is 0.254 e. The summed E-state index contributed by atoms with van der Waals surface area (Å²) in [6.45, 7) is 0. The summed E-state index contributed by atoms with van der Waals surface area (Å²) in [4.78, 5) is 11.5. The molecule has 0 bridgehead atoms. The molecule has 3 aliphatic rings. The Bertz CT molecular complexity index is 850. The standard InChI is InChI=1S/C15H8N4S/c1-4-8-12-9(5-1)13-16-11-7-3-2-6-10(11)14-18-20-15(17-12)19(13)14/h1-8H. The van der Waals surface area contributed by atoms with E-state index >= 15 is 0 Å². The van der Waals surface area contributed by atoms with Gasteiger partial charge < -0.3 is 0 Å². The molecule has 0 saturated heterocycles. The van der Waals surface area contributed by atoms with Crippen LogP contribution < -0.4 is 0 Å². The van der Waals surface area contributed by atoms with Crippen molar-refractivity contribution in [1.82, 2.24) is 4.90 Å². The van der Waals surface area contributed by atoms with Crippen LogP contribution in [0.15, 0.2) is 62.9 Å². The predicted molar refractivity (Wildman–Crippen MR) is 82.1 cm³/mol. The van der Waals surface area contributed by atoms with Crippen LogP contribution in [0.3, 0.4) is 0 Å². The lowest BCUT2D eigenvalue weighted by Gasteiger charge is -2.30. The van der Waals surface area contributed by atoms with Crippen LogP contribution in [0.5, 0.6) is 0 Å².